The normalized spacial score (nSPS) is 45.5. The molecular weight excluding hydrogens is 152 g/mol. The number of carbonyl (C=O) groups is 1. The smallest absolute Gasteiger partial charge is 0.307 e. The van der Waals surface area contributed by atoms with E-state index in [1.54, 1.807) is 0 Å². The van der Waals surface area contributed by atoms with Crippen molar-refractivity contribution in [2.45, 2.75) is 19.3 Å². The summed E-state index contributed by atoms with van der Waals surface area (Å²) in [7, 11) is 0. The summed E-state index contributed by atoms with van der Waals surface area (Å²) < 4.78 is 0. The van der Waals surface area contributed by atoms with Crippen LogP contribution in [0.1, 0.15) is 19.3 Å². The highest BCUT2D eigenvalue weighted by Gasteiger charge is 2.64. The second-order valence-electron chi connectivity index (χ2n) is 4.43. The van der Waals surface area contributed by atoms with Crippen molar-refractivity contribution in [3.63, 3.8) is 0 Å². The Balaban J connectivity index is 1.97. The molecule has 0 amide bonds. The molecule has 2 nitrogen and oxygen atoms in total. The number of allylic oxidation sites excluding steroid dienone is 2. The predicted molar refractivity (Wildman–Crippen MR) is 43.5 cm³/mol. The maximum atomic E-state index is 10.9. The molecule has 2 saturated carbocycles. The van der Waals surface area contributed by atoms with Crippen LogP contribution in [0.25, 0.3) is 0 Å². The van der Waals surface area contributed by atoms with E-state index in [0.717, 1.165) is 6.42 Å². The highest BCUT2D eigenvalue weighted by atomic mass is 16.4. The van der Waals surface area contributed by atoms with E-state index in [4.69, 9.17) is 5.11 Å². The van der Waals surface area contributed by atoms with Gasteiger partial charge in [0.05, 0.1) is 5.92 Å². The molecule has 3 atom stereocenters. The van der Waals surface area contributed by atoms with E-state index in [2.05, 4.69) is 12.2 Å². The number of hydrogen-bond acceptors (Lipinski definition) is 1. The molecule has 0 aromatic heterocycles. The van der Waals surface area contributed by atoms with Crippen molar-refractivity contribution in [2.24, 2.45) is 23.2 Å². The van der Waals surface area contributed by atoms with Gasteiger partial charge in [-0.05, 0) is 36.5 Å². The quantitative estimate of drug-likeness (QED) is 0.598. The molecule has 3 rings (SSSR count). The van der Waals surface area contributed by atoms with Gasteiger partial charge in [0.1, 0.15) is 0 Å². The van der Waals surface area contributed by atoms with E-state index in [1.165, 1.54) is 12.8 Å². The van der Waals surface area contributed by atoms with Crippen molar-refractivity contribution in [1.29, 1.82) is 0 Å². The van der Waals surface area contributed by atoms with E-state index < -0.39 is 5.97 Å². The highest BCUT2D eigenvalue weighted by Crippen LogP contribution is 2.70. The average Bonchev–Trinajstić information content (AvgIpc) is 2.69. The van der Waals surface area contributed by atoms with Crippen LogP contribution >= 0.6 is 0 Å². The number of carboxylic acids is 1. The predicted octanol–water partition coefficient (Wildman–Crippen LogP) is 1.67. The molecule has 0 heterocycles. The largest absolute Gasteiger partial charge is 0.481 e. The van der Waals surface area contributed by atoms with Crippen LogP contribution in [0.15, 0.2) is 12.2 Å². The van der Waals surface area contributed by atoms with Gasteiger partial charge in [0, 0.05) is 0 Å². The molecule has 2 heteroatoms. The van der Waals surface area contributed by atoms with Gasteiger partial charge in [0.25, 0.3) is 0 Å². The Morgan fingerprint density at radius 1 is 1.42 bits per heavy atom. The standard InChI is InChI=1S/C10H12O2/c11-9(12)7-5-6-1-2-8(7)10(6)3-4-10/h1-2,6-8H,3-5H2,(H,11,12). The first kappa shape index (κ1) is 6.70. The van der Waals surface area contributed by atoms with Crippen LogP contribution in [0, 0.1) is 23.2 Å². The van der Waals surface area contributed by atoms with Crippen molar-refractivity contribution >= 4 is 5.97 Å². The first-order valence-corrected chi connectivity index (χ1v) is 4.65. The van der Waals surface area contributed by atoms with E-state index in [9.17, 15) is 4.79 Å². The summed E-state index contributed by atoms with van der Waals surface area (Å²) in [5.74, 6) is 0.323. The molecule has 2 fully saturated rings. The van der Waals surface area contributed by atoms with Crippen LogP contribution < -0.4 is 0 Å². The van der Waals surface area contributed by atoms with Crippen LogP contribution in [-0.2, 0) is 4.79 Å². The minimum Gasteiger partial charge on any atom is -0.481 e. The molecule has 0 aromatic rings. The van der Waals surface area contributed by atoms with Crippen molar-refractivity contribution in [3.05, 3.63) is 12.2 Å². The maximum Gasteiger partial charge on any atom is 0.307 e. The van der Waals surface area contributed by atoms with E-state index >= 15 is 0 Å². The van der Waals surface area contributed by atoms with Crippen LogP contribution in [0.3, 0.4) is 0 Å². The van der Waals surface area contributed by atoms with Gasteiger partial charge in [-0.15, -0.1) is 0 Å². The maximum absolute atomic E-state index is 10.9. The average molecular weight is 164 g/mol. The fraction of sp³-hybridized carbons (Fsp3) is 0.700. The zero-order chi connectivity index (χ0) is 8.34. The van der Waals surface area contributed by atoms with E-state index in [-0.39, 0.29) is 5.92 Å². The molecule has 0 radical (unpaired) electrons. The zero-order valence-electron chi connectivity index (χ0n) is 6.86. The molecule has 0 saturated heterocycles. The summed E-state index contributed by atoms with van der Waals surface area (Å²) in [4.78, 5) is 10.9. The first-order chi connectivity index (χ1) is 5.74. The minimum absolute atomic E-state index is 0.0671. The van der Waals surface area contributed by atoms with Gasteiger partial charge in [0.15, 0.2) is 0 Å². The van der Waals surface area contributed by atoms with Crippen molar-refractivity contribution in [3.8, 4) is 0 Å². The lowest BCUT2D eigenvalue weighted by atomic mass is 9.89. The topological polar surface area (TPSA) is 37.3 Å². The molecule has 3 aliphatic rings. The lowest BCUT2D eigenvalue weighted by Crippen LogP contribution is -2.20. The Kier molecular flexibility index (Phi) is 0.980. The van der Waals surface area contributed by atoms with Crippen LogP contribution in [0.4, 0.5) is 0 Å². The Morgan fingerprint density at radius 3 is 2.58 bits per heavy atom. The molecule has 1 N–H and O–H groups in total. The van der Waals surface area contributed by atoms with Gasteiger partial charge >= 0.3 is 5.97 Å². The third-order valence-corrected chi connectivity index (χ3v) is 4.04. The third kappa shape index (κ3) is 0.563. The molecule has 3 unspecified atom stereocenters. The minimum atomic E-state index is -0.585. The molecule has 3 aliphatic carbocycles. The molecule has 12 heavy (non-hydrogen) atoms. The number of hydrogen-bond donors (Lipinski definition) is 1. The van der Waals surface area contributed by atoms with Gasteiger partial charge < -0.3 is 5.11 Å². The summed E-state index contributed by atoms with van der Waals surface area (Å²) in [5, 5.41) is 8.96. The zero-order valence-corrected chi connectivity index (χ0v) is 6.86. The number of rotatable bonds is 1. The Bertz CT molecular complexity index is 276. The van der Waals surface area contributed by atoms with Crippen LogP contribution in [-0.4, -0.2) is 11.1 Å². The van der Waals surface area contributed by atoms with E-state index in [1.807, 2.05) is 0 Å². The number of aliphatic carboxylic acids is 1. The highest BCUT2D eigenvalue weighted by molar-refractivity contribution is 5.72. The molecule has 0 aliphatic heterocycles. The Morgan fingerprint density at radius 2 is 2.17 bits per heavy atom. The first-order valence-electron chi connectivity index (χ1n) is 4.65. The summed E-state index contributed by atoms with van der Waals surface area (Å²) in [6, 6.07) is 0. The fourth-order valence-corrected chi connectivity index (χ4v) is 3.26. The summed E-state index contributed by atoms with van der Waals surface area (Å²) >= 11 is 0. The van der Waals surface area contributed by atoms with E-state index in [0.29, 0.717) is 17.3 Å². The lowest BCUT2D eigenvalue weighted by molar-refractivity contribution is -0.142. The van der Waals surface area contributed by atoms with Gasteiger partial charge in [0.2, 0.25) is 0 Å². The molecule has 0 aromatic carbocycles. The molecule has 64 valence electrons. The van der Waals surface area contributed by atoms with Crippen LogP contribution in [0.5, 0.6) is 0 Å². The monoisotopic (exact) mass is 164 g/mol. The van der Waals surface area contributed by atoms with Crippen LogP contribution in [0.2, 0.25) is 0 Å². The second kappa shape index (κ2) is 1.76. The third-order valence-electron chi connectivity index (χ3n) is 4.04. The Labute approximate surface area is 71.3 Å². The van der Waals surface area contributed by atoms with Gasteiger partial charge in [-0.25, -0.2) is 0 Å². The van der Waals surface area contributed by atoms with Gasteiger partial charge in [-0.1, -0.05) is 12.2 Å². The summed E-state index contributed by atoms with van der Waals surface area (Å²) in [5.41, 5.74) is 0.434. The summed E-state index contributed by atoms with van der Waals surface area (Å²) in [6.07, 6.45) is 7.83. The molecule has 2 bridgehead atoms. The van der Waals surface area contributed by atoms with Crippen molar-refractivity contribution < 1.29 is 9.90 Å². The fourth-order valence-electron chi connectivity index (χ4n) is 3.26. The van der Waals surface area contributed by atoms with Crippen molar-refractivity contribution in [1.82, 2.24) is 0 Å². The lowest BCUT2D eigenvalue weighted by Gasteiger charge is -2.14. The second-order valence-corrected chi connectivity index (χ2v) is 4.43. The number of carboxylic acid groups (broad SMARTS) is 1. The molecular formula is C10H12O2. The van der Waals surface area contributed by atoms with Crippen molar-refractivity contribution in [2.75, 3.05) is 0 Å². The molecule has 1 spiro atoms. The van der Waals surface area contributed by atoms with Gasteiger partial charge in [-0.2, -0.15) is 0 Å². The van der Waals surface area contributed by atoms with Gasteiger partial charge in [-0.3, -0.25) is 4.79 Å². The SMILES string of the molecule is O=C(O)C1CC2C=CC1C21CC1. The summed E-state index contributed by atoms with van der Waals surface area (Å²) in [6.45, 7) is 0. The Hall–Kier alpha value is -0.790.